The summed E-state index contributed by atoms with van der Waals surface area (Å²) in [7, 11) is 0. The Kier molecular flexibility index (Phi) is 1.98. The minimum atomic E-state index is 0.499. The maximum absolute atomic E-state index is 4.81. The lowest BCUT2D eigenvalue weighted by Gasteiger charge is -2.29. The molecule has 0 amide bonds. The van der Waals surface area contributed by atoms with Crippen molar-refractivity contribution in [1.29, 1.82) is 0 Å². The van der Waals surface area contributed by atoms with Crippen LogP contribution in [0.2, 0.25) is 0 Å². The number of hydrogen-bond acceptors (Lipinski definition) is 1. The molecule has 0 aromatic carbocycles. The number of rotatable bonds is 0. The molecule has 0 heterocycles. The van der Waals surface area contributed by atoms with Gasteiger partial charge in [-0.05, 0) is 36.0 Å². The molecule has 4 atom stereocenters. The van der Waals surface area contributed by atoms with Crippen LogP contribution in [0.15, 0.2) is 0 Å². The van der Waals surface area contributed by atoms with Crippen LogP contribution in [0.25, 0.3) is 0 Å². The van der Waals surface area contributed by atoms with E-state index in [4.69, 9.17) is 12.6 Å². The third kappa shape index (κ3) is 1.05. The topological polar surface area (TPSA) is 0 Å². The predicted molar refractivity (Wildman–Crippen MR) is 56.6 cm³/mol. The largest absolute Gasteiger partial charge is 0.175 e. The summed E-state index contributed by atoms with van der Waals surface area (Å²) in [4.78, 5) is 0. The Morgan fingerprint density at radius 3 is 2.50 bits per heavy atom. The van der Waals surface area contributed by atoms with E-state index < -0.39 is 0 Å². The molecule has 0 N–H and O–H groups in total. The van der Waals surface area contributed by atoms with Gasteiger partial charge in [-0.1, -0.05) is 27.2 Å². The van der Waals surface area contributed by atoms with E-state index in [0.29, 0.717) is 10.7 Å². The van der Waals surface area contributed by atoms with Gasteiger partial charge in [0, 0.05) is 5.25 Å². The fourth-order valence-corrected chi connectivity index (χ4v) is 3.89. The molecule has 2 saturated carbocycles. The van der Waals surface area contributed by atoms with Gasteiger partial charge in [-0.15, -0.1) is 0 Å². The van der Waals surface area contributed by atoms with Crippen LogP contribution in [0.3, 0.4) is 0 Å². The molecular formula is C11H20S. The quantitative estimate of drug-likeness (QED) is 0.548. The van der Waals surface area contributed by atoms with Gasteiger partial charge in [0.05, 0.1) is 0 Å². The summed E-state index contributed by atoms with van der Waals surface area (Å²) in [6.45, 7) is 7.23. The maximum atomic E-state index is 4.81. The van der Waals surface area contributed by atoms with E-state index in [1.165, 1.54) is 19.3 Å². The molecule has 0 aromatic heterocycles. The van der Waals surface area contributed by atoms with Crippen molar-refractivity contribution in [3.8, 4) is 0 Å². The Labute approximate surface area is 81.5 Å². The van der Waals surface area contributed by atoms with Crippen LogP contribution in [0.4, 0.5) is 0 Å². The summed E-state index contributed by atoms with van der Waals surface area (Å²) < 4.78 is 0. The third-order valence-corrected chi connectivity index (χ3v) is 5.53. The second-order valence-electron chi connectivity index (χ2n) is 5.42. The minimum Gasteiger partial charge on any atom is -0.175 e. The Balaban J connectivity index is 2.25. The van der Waals surface area contributed by atoms with Crippen molar-refractivity contribution in [2.24, 2.45) is 23.2 Å². The second-order valence-corrected chi connectivity index (χ2v) is 5.97. The van der Waals surface area contributed by atoms with E-state index in [0.717, 1.165) is 17.8 Å². The van der Waals surface area contributed by atoms with Gasteiger partial charge in [0.1, 0.15) is 0 Å². The molecule has 0 aliphatic heterocycles. The van der Waals surface area contributed by atoms with Gasteiger partial charge < -0.3 is 0 Å². The Morgan fingerprint density at radius 2 is 1.92 bits per heavy atom. The molecule has 0 spiro atoms. The summed E-state index contributed by atoms with van der Waals surface area (Å²) in [5, 5.41) is 0.653. The van der Waals surface area contributed by atoms with Crippen LogP contribution in [-0.2, 0) is 0 Å². The van der Waals surface area contributed by atoms with Gasteiger partial charge in [0.2, 0.25) is 0 Å². The molecule has 1 heteroatoms. The fraction of sp³-hybridized carbons (Fsp3) is 1.00. The van der Waals surface area contributed by atoms with E-state index in [1.807, 2.05) is 0 Å². The van der Waals surface area contributed by atoms with E-state index in [1.54, 1.807) is 0 Å². The van der Waals surface area contributed by atoms with Crippen molar-refractivity contribution >= 4 is 12.6 Å². The van der Waals surface area contributed by atoms with Crippen LogP contribution in [0.5, 0.6) is 0 Å². The molecule has 0 nitrogen and oxygen atoms in total. The summed E-state index contributed by atoms with van der Waals surface area (Å²) in [6.07, 6.45) is 4.33. The molecule has 0 radical (unpaired) electrons. The lowest BCUT2D eigenvalue weighted by molar-refractivity contribution is 0.224. The first-order valence-corrected chi connectivity index (χ1v) is 5.73. The normalized spacial score (nSPS) is 51.0. The zero-order valence-corrected chi connectivity index (χ0v) is 9.27. The van der Waals surface area contributed by atoms with E-state index in [2.05, 4.69) is 20.8 Å². The zero-order chi connectivity index (χ0) is 8.93. The molecular weight excluding hydrogens is 164 g/mol. The summed E-state index contributed by atoms with van der Waals surface area (Å²) in [5.41, 5.74) is 0.499. The SMILES string of the molecule is CC1CCC2CC1C(S)C2(C)C. The highest BCUT2D eigenvalue weighted by atomic mass is 32.1. The maximum Gasteiger partial charge on any atom is 0.0102 e. The standard InChI is InChI=1S/C11H20S/c1-7-4-5-8-6-9(7)10(12)11(8,2)3/h7-10,12H,4-6H2,1-3H3. The molecule has 4 unspecified atom stereocenters. The van der Waals surface area contributed by atoms with Gasteiger partial charge in [-0.25, -0.2) is 0 Å². The predicted octanol–water partition coefficient (Wildman–Crippen LogP) is 3.38. The van der Waals surface area contributed by atoms with Gasteiger partial charge in [-0.2, -0.15) is 12.6 Å². The second kappa shape index (κ2) is 2.67. The van der Waals surface area contributed by atoms with Crippen LogP contribution < -0.4 is 0 Å². The molecule has 2 fully saturated rings. The Morgan fingerprint density at radius 1 is 1.25 bits per heavy atom. The summed E-state index contributed by atoms with van der Waals surface area (Å²) in [5.74, 6) is 2.79. The van der Waals surface area contributed by atoms with Crippen molar-refractivity contribution in [2.45, 2.75) is 45.3 Å². The smallest absolute Gasteiger partial charge is 0.0102 e. The highest BCUT2D eigenvalue weighted by Crippen LogP contribution is 2.57. The van der Waals surface area contributed by atoms with Gasteiger partial charge >= 0.3 is 0 Å². The average Bonchev–Trinajstić information content (AvgIpc) is 2.20. The van der Waals surface area contributed by atoms with Gasteiger partial charge in [0.15, 0.2) is 0 Å². The first-order valence-electron chi connectivity index (χ1n) is 5.21. The van der Waals surface area contributed by atoms with Crippen LogP contribution >= 0.6 is 12.6 Å². The summed E-state index contributed by atoms with van der Waals surface area (Å²) >= 11 is 4.81. The molecule has 0 aromatic rings. The Bertz CT molecular complexity index is 185. The summed E-state index contributed by atoms with van der Waals surface area (Å²) in [6, 6.07) is 0. The third-order valence-electron chi connectivity index (χ3n) is 4.48. The van der Waals surface area contributed by atoms with Gasteiger partial charge in [0.25, 0.3) is 0 Å². The van der Waals surface area contributed by atoms with Crippen LogP contribution in [0.1, 0.15) is 40.0 Å². The van der Waals surface area contributed by atoms with Crippen molar-refractivity contribution in [2.75, 3.05) is 0 Å². The molecule has 2 rings (SSSR count). The lowest BCUT2D eigenvalue weighted by atomic mass is 9.77. The van der Waals surface area contributed by atoms with Crippen molar-refractivity contribution in [1.82, 2.24) is 0 Å². The van der Waals surface area contributed by atoms with Crippen molar-refractivity contribution in [3.63, 3.8) is 0 Å². The van der Waals surface area contributed by atoms with Gasteiger partial charge in [-0.3, -0.25) is 0 Å². The molecule has 2 aliphatic rings. The fourth-order valence-electron chi connectivity index (χ4n) is 3.27. The number of thiol groups is 1. The first kappa shape index (κ1) is 8.93. The molecule has 0 saturated heterocycles. The molecule has 12 heavy (non-hydrogen) atoms. The highest BCUT2D eigenvalue weighted by molar-refractivity contribution is 7.81. The minimum absolute atomic E-state index is 0.499. The average molecular weight is 184 g/mol. The van der Waals surface area contributed by atoms with E-state index >= 15 is 0 Å². The monoisotopic (exact) mass is 184 g/mol. The molecule has 2 aliphatic carbocycles. The highest BCUT2D eigenvalue weighted by Gasteiger charge is 2.50. The van der Waals surface area contributed by atoms with E-state index in [-0.39, 0.29) is 0 Å². The first-order chi connectivity index (χ1) is 5.53. The number of fused-ring (bicyclic) bond motifs is 2. The van der Waals surface area contributed by atoms with E-state index in [9.17, 15) is 0 Å². The van der Waals surface area contributed by atoms with Crippen molar-refractivity contribution in [3.05, 3.63) is 0 Å². The van der Waals surface area contributed by atoms with Crippen LogP contribution in [0, 0.1) is 23.2 Å². The Hall–Kier alpha value is 0.350. The van der Waals surface area contributed by atoms with Crippen molar-refractivity contribution < 1.29 is 0 Å². The molecule has 70 valence electrons. The lowest BCUT2D eigenvalue weighted by Crippen LogP contribution is -2.26. The molecule has 2 bridgehead atoms. The van der Waals surface area contributed by atoms with Crippen LogP contribution in [-0.4, -0.2) is 5.25 Å². The zero-order valence-electron chi connectivity index (χ0n) is 8.38. The number of hydrogen-bond donors (Lipinski definition) is 1.